The molecule has 0 saturated heterocycles. The van der Waals surface area contributed by atoms with Gasteiger partial charge in [0.25, 0.3) is 0 Å². The van der Waals surface area contributed by atoms with Gasteiger partial charge in [0.2, 0.25) is 5.95 Å². The summed E-state index contributed by atoms with van der Waals surface area (Å²) in [5.41, 5.74) is 1.69. The maximum Gasteiger partial charge on any atom is 0.391 e. The molecule has 4 nitrogen and oxygen atoms in total. The molecule has 1 aliphatic rings. The first kappa shape index (κ1) is 19.5. The lowest BCUT2D eigenvalue weighted by atomic mass is 9.86. The first-order valence-electron chi connectivity index (χ1n) is 9.24. The maximum absolute atomic E-state index is 12.8. The summed E-state index contributed by atoms with van der Waals surface area (Å²) < 4.78 is 44.0. The number of hydrogen-bond donors (Lipinski definition) is 1. The largest absolute Gasteiger partial charge is 0.491 e. The molecule has 3 rings (SSSR count). The summed E-state index contributed by atoms with van der Waals surface area (Å²) in [5.74, 6) is 0.0578. The number of rotatable bonds is 5. The average Bonchev–Trinajstić information content (AvgIpc) is 2.62. The van der Waals surface area contributed by atoms with Gasteiger partial charge in [0.1, 0.15) is 5.75 Å². The quantitative estimate of drug-likeness (QED) is 0.749. The highest BCUT2D eigenvalue weighted by atomic mass is 19.4. The molecule has 1 N–H and O–H groups in total. The summed E-state index contributed by atoms with van der Waals surface area (Å²) in [5, 5.41) is 3.19. The third-order valence-corrected chi connectivity index (χ3v) is 4.70. The summed E-state index contributed by atoms with van der Waals surface area (Å²) >= 11 is 0. The van der Waals surface area contributed by atoms with Crippen LogP contribution >= 0.6 is 0 Å². The Morgan fingerprint density at radius 3 is 2.30 bits per heavy atom. The molecule has 27 heavy (non-hydrogen) atoms. The highest BCUT2D eigenvalue weighted by Crippen LogP contribution is 2.38. The predicted molar refractivity (Wildman–Crippen MR) is 98.7 cm³/mol. The fourth-order valence-corrected chi connectivity index (χ4v) is 3.31. The van der Waals surface area contributed by atoms with Crippen LogP contribution in [0.15, 0.2) is 36.5 Å². The Morgan fingerprint density at radius 2 is 1.70 bits per heavy atom. The van der Waals surface area contributed by atoms with Crippen molar-refractivity contribution in [3.05, 3.63) is 36.5 Å². The Hall–Kier alpha value is -2.31. The predicted octanol–water partition coefficient (Wildman–Crippen LogP) is 5.46. The van der Waals surface area contributed by atoms with E-state index < -0.39 is 12.1 Å². The van der Waals surface area contributed by atoms with Crippen molar-refractivity contribution in [1.82, 2.24) is 9.97 Å². The van der Waals surface area contributed by atoms with Crippen LogP contribution in [0.5, 0.6) is 5.75 Å². The Morgan fingerprint density at radius 1 is 1.04 bits per heavy atom. The van der Waals surface area contributed by atoms with Gasteiger partial charge in [-0.2, -0.15) is 13.2 Å². The van der Waals surface area contributed by atoms with E-state index in [4.69, 9.17) is 4.74 Å². The van der Waals surface area contributed by atoms with Crippen molar-refractivity contribution in [1.29, 1.82) is 0 Å². The number of ether oxygens (including phenoxy) is 1. The summed E-state index contributed by atoms with van der Waals surface area (Å²) in [6.45, 7) is 3.94. The van der Waals surface area contributed by atoms with Crippen molar-refractivity contribution in [3.63, 3.8) is 0 Å². The van der Waals surface area contributed by atoms with Gasteiger partial charge in [-0.15, -0.1) is 0 Å². The number of anilines is 1. The maximum atomic E-state index is 12.8. The minimum atomic E-state index is -4.09. The number of alkyl halides is 3. The molecule has 7 heteroatoms. The fraction of sp³-hybridized carbons (Fsp3) is 0.500. The molecule has 1 saturated carbocycles. The molecule has 0 atom stereocenters. The Bertz CT molecular complexity index is 739. The van der Waals surface area contributed by atoms with Crippen LogP contribution in [0.2, 0.25) is 0 Å². The smallest absolute Gasteiger partial charge is 0.391 e. The monoisotopic (exact) mass is 379 g/mol. The van der Waals surface area contributed by atoms with E-state index in [2.05, 4.69) is 15.3 Å². The number of hydrogen-bond acceptors (Lipinski definition) is 4. The molecular weight excluding hydrogens is 355 g/mol. The molecular formula is C20H24F3N3O. The minimum absolute atomic E-state index is 0.0272. The zero-order valence-corrected chi connectivity index (χ0v) is 15.5. The number of nitrogens with zero attached hydrogens (tertiary/aromatic N) is 2. The average molecular weight is 379 g/mol. The first-order valence-corrected chi connectivity index (χ1v) is 9.24. The second-order valence-electron chi connectivity index (χ2n) is 7.19. The van der Waals surface area contributed by atoms with Crippen molar-refractivity contribution in [2.45, 2.75) is 57.9 Å². The fourth-order valence-electron chi connectivity index (χ4n) is 3.31. The lowest BCUT2D eigenvalue weighted by Gasteiger charge is -2.30. The van der Waals surface area contributed by atoms with Crippen LogP contribution in [0.25, 0.3) is 11.3 Å². The first-order chi connectivity index (χ1) is 12.8. The van der Waals surface area contributed by atoms with Crippen LogP contribution in [0.4, 0.5) is 19.1 Å². The Balaban J connectivity index is 1.63. The van der Waals surface area contributed by atoms with Crippen molar-refractivity contribution in [2.24, 2.45) is 5.92 Å². The number of halogens is 3. The van der Waals surface area contributed by atoms with Gasteiger partial charge in [-0.1, -0.05) is 0 Å². The van der Waals surface area contributed by atoms with E-state index in [-0.39, 0.29) is 25.0 Å². The van der Waals surface area contributed by atoms with Gasteiger partial charge in [0.05, 0.1) is 17.7 Å². The molecule has 1 aromatic carbocycles. The zero-order valence-electron chi connectivity index (χ0n) is 15.5. The Labute approximate surface area is 157 Å². The van der Waals surface area contributed by atoms with Crippen molar-refractivity contribution in [2.75, 3.05) is 5.32 Å². The van der Waals surface area contributed by atoms with Crippen LogP contribution < -0.4 is 10.1 Å². The van der Waals surface area contributed by atoms with E-state index in [0.29, 0.717) is 18.8 Å². The van der Waals surface area contributed by atoms with E-state index in [0.717, 1.165) is 17.0 Å². The Kier molecular flexibility index (Phi) is 5.87. The van der Waals surface area contributed by atoms with Crippen LogP contribution in [0.3, 0.4) is 0 Å². The molecule has 1 aromatic heterocycles. The van der Waals surface area contributed by atoms with E-state index in [1.165, 1.54) is 0 Å². The van der Waals surface area contributed by atoms with Crippen molar-refractivity contribution >= 4 is 5.95 Å². The topological polar surface area (TPSA) is 47.0 Å². The molecule has 0 radical (unpaired) electrons. The molecule has 0 spiro atoms. The summed E-state index contributed by atoms with van der Waals surface area (Å²) in [6, 6.07) is 9.42. The third kappa shape index (κ3) is 5.34. The molecule has 1 fully saturated rings. The van der Waals surface area contributed by atoms with Crippen LogP contribution in [0.1, 0.15) is 39.5 Å². The molecule has 0 bridgehead atoms. The van der Waals surface area contributed by atoms with Gasteiger partial charge in [-0.3, -0.25) is 0 Å². The van der Waals surface area contributed by atoms with Crippen LogP contribution in [-0.2, 0) is 0 Å². The van der Waals surface area contributed by atoms with Gasteiger partial charge >= 0.3 is 6.18 Å². The molecule has 0 amide bonds. The van der Waals surface area contributed by atoms with E-state index >= 15 is 0 Å². The van der Waals surface area contributed by atoms with Gasteiger partial charge in [-0.25, -0.2) is 9.97 Å². The second kappa shape index (κ2) is 8.15. The molecule has 0 unspecified atom stereocenters. The van der Waals surface area contributed by atoms with E-state index in [1.807, 2.05) is 44.2 Å². The van der Waals surface area contributed by atoms with Crippen molar-refractivity contribution < 1.29 is 17.9 Å². The van der Waals surface area contributed by atoms with Crippen LogP contribution in [0, 0.1) is 5.92 Å². The van der Waals surface area contributed by atoms with Gasteiger partial charge in [-0.05, 0) is 69.9 Å². The lowest BCUT2D eigenvalue weighted by molar-refractivity contribution is -0.182. The molecule has 2 aromatic rings. The number of aromatic nitrogens is 2. The standard InChI is InChI=1S/C20H24F3N3O/c1-13(2)27-17-9-3-14(4-10-17)18-11-12-24-19(26-18)25-16-7-5-15(6-8-16)20(21,22)23/h3-4,9-13,15-16H,5-8H2,1-2H3,(H,24,25,26). The normalized spacial score (nSPS) is 20.5. The molecule has 1 aliphatic carbocycles. The number of benzene rings is 1. The summed E-state index contributed by atoms with van der Waals surface area (Å²) in [4.78, 5) is 8.72. The minimum Gasteiger partial charge on any atom is -0.491 e. The molecule has 146 valence electrons. The number of nitrogens with one attached hydrogen (secondary N) is 1. The van der Waals surface area contributed by atoms with Crippen molar-refractivity contribution in [3.8, 4) is 17.0 Å². The second-order valence-corrected chi connectivity index (χ2v) is 7.19. The van der Waals surface area contributed by atoms with E-state index in [9.17, 15) is 13.2 Å². The molecule has 0 aliphatic heterocycles. The summed E-state index contributed by atoms with van der Waals surface area (Å²) in [6.07, 6.45) is -1.08. The van der Waals surface area contributed by atoms with Gasteiger partial charge in [0, 0.05) is 17.8 Å². The highest BCUT2D eigenvalue weighted by molar-refractivity contribution is 5.61. The van der Waals surface area contributed by atoms with Gasteiger partial charge < -0.3 is 10.1 Å². The SMILES string of the molecule is CC(C)Oc1ccc(-c2ccnc(NC3CCC(C(F)(F)F)CC3)n2)cc1. The summed E-state index contributed by atoms with van der Waals surface area (Å²) in [7, 11) is 0. The zero-order chi connectivity index (χ0) is 19.4. The third-order valence-electron chi connectivity index (χ3n) is 4.70. The van der Waals surface area contributed by atoms with Crippen LogP contribution in [-0.4, -0.2) is 28.3 Å². The lowest BCUT2D eigenvalue weighted by Crippen LogP contribution is -2.33. The highest BCUT2D eigenvalue weighted by Gasteiger charge is 2.41. The molecule has 1 heterocycles. The van der Waals surface area contributed by atoms with Gasteiger partial charge in [0.15, 0.2) is 0 Å². The van der Waals surface area contributed by atoms with E-state index in [1.54, 1.807) is 6.20 Å².